The highest BCUT2D eigenvalue weighted by Gasteiger charge is 2.32. The van der Waals surface area contributed by atoms with Gasteiger partial charge in [-0.15, -0.1) is 0 Å². The second-order valence-electron chi connectivity index (χ2n) is 5.92. The molecule has 0 atom stereocenters. The summed E-state index contributed by atoms with van der Waals surface area (Å²) >= 11 is 0. The Labute approximate surface area is 117 Å². The van der Waals surface area contributed by atoms with Crippen molar-refractivity contribution in [2.24, 2.45) is 11.1 Å². The van der Waals surface area contributed by atoms with Crippen LogP contribution < -0.4 is 5.73 Å². The van der Waals surface area contributed by atoms with Gasteiger partial charge < -0.3 is 5.73 Å². The molecule has 0 unspecified atom stereocenters. The zero-order valence-corrected chi connectivity index (χ0v) is 12.1. The van der Waals surface area contributed by atoms with Crippen LogP contribution in [0.3, 0.4) is 0 Å². The molecule has 0 spiro atoms. The normalized spacial score (nSPS) is 18.7. The number of pyridine rings is 1. The lowest BCUT2D eigenvalue weighted by Crippen LogP contribution is -2.43. The number of nitrogens with zero attached hydrogens (tertiary/aromatic N) is 2. The van der Waals surface area contributed by atoms with Crippen LogP contribution >= 0.6 is 0 Å². The van der Waals surface area contributed by atoms with E-state index in [9.17, 15) is 0 Å². The van der Waals surface area contributed by atoms with Crippen LogP contribution in [-0.2, 0) is 6.54 Å². The van der Waals surface area contributed by atoms with Crippen molar-refractivity contribution in [1.82, 2.24) is 9.88 Å². The van der Waals surface area contributed by atoms with Gasteiger partial charge in [-0.1, -0.05) is 26.2 Å². The van der Waals surface area contributed by atoms with Gasteiger partial charge in [0.15, 0.2) is 0 Å². The quantitative estimate of drug-likeness (QED) is 0.856. The lowest BCUT2D eigenvalue weighted by molar-refractivity contribution is 0.110. The Balaban J connectivity index is 1.97. The summed E-state index contributed by atoms with van der Waals surface area (Å²) in [6.45, 7) is 6.32. The molecule has 1 fully saturated rings. The van der Waals surface area contributed by atoms with Gasteiger partial charge in [-0.05, 0) is 49.0 Å². The van der Waals surface area contributed by atoms with Crippen molar-refractivity contribution in [2.75, 3.05) is 19.6 Å². The van der Waals surface area contributed by atoms with Crippen molar-refractivity contribution in [3.63, 3.8) is 0 Å². The molecular formula is C16H27N3. The number of nitrogens with two attached hydrogens (primary N) is 1. The first-order valence-electron chi connectivity index (χ1n) is 7.59. The smallest absolute Gasteiger partial charge is 0.0271 e. The summed E-state index contributed by atoms with van der Waals surface area (Å²) in [5.41, 5.74) is 7.81. The van der Waals surface area contributed by atoms with Crippen LogP contribution in [0, 0.1) is 5.41 Å². The van der Waals surface area contributed by atoms with Crippen molar-refractivity contribution >= 4 is 0 Å². The highest BCUT2D eigenvalue weighted by molar-refractivity contribution is 5.09. The Hall–Kier alpha value is -0.930. The monoisotopic (exact) mass is 261 g/mol. The molecule has 1 aliphatic carbocycles. The molecule has 2 N–H and O–H groups in total. The summed E-state index contributed by atoms with van der Waals surface area (Å²) in [5.74, 6) is 0. The van der Waals surface area contributed by atoms with E-state index < -0.39 is 0 Å². The minimum Gasteiger partial charge on any atom is -0.330 e. The van der Waals surface area contributed by atoms with Crippen LogP contribution in [-0.4, -0.2) is 29.5 Å². The lowest BCUT2D eigenvalue weighted by atomic mass is 9.73. The van der Waals surface area contributed by atoms with Crippen molar-refractivity contribution in [1.29, 1.82) is 0 Å². The molecule has 3 heteroatoms. The first kappa shape index (κ1) is 14.5. The largest absolute Gasteiger partial charge is 0.330 e. The minimum absolute atomic E-state index is 0.362. The standard InChI is InChI=1S/C16H27N3/c1-2-19(12-15-6-10-18-11-7-15)14-16(13-17)8-4-3-5-9-16/h6-7,10-11H,2-5,8-9,12-14,17H2,1H3. The van der Waals surface area contributed by atoms with Crippen LogP contribution in [0.25, 0.3) is 0 Å². The molecule has 1 heterocycles. The molecule has 0 aromatic carbocycles. The predicted octanol–water partition coefficient (Wildman–Crippen LogP) is 2.81. The molecule has 3 nitrogen and oxygen atoms in total. The van der Waals surface area contributed by atoms with Gasteiger partial charge in [-0.25, -0.2) is 0 Å². The Kier molecular flexibility index (Phi) is 5.34. The summed E-state index contributed by atoms with van der Waals surface area (Å²) in [7, 11) is 0. The fourth-order valence-electron chi connectivity index (χ4n) is 3.23. The molecule has 0 saturated heterocycles. The van der Waals surface area contributed by atoms with Gasteiger partial charge in [0.05, 0.1) is 0 Å². The van der Waals surface area contributed by atoms with E-state index >= 15 is 0 Å². The molecule has 1 saturated carbocycles. The van der Waals surface area contributed by atoms with Crippen LogP contribution in [0.15, 0.2) is 24.5 Å². The topological polar surface area (TPSA) is 42.2 Å². The second-order valence-corrected chi connectivity index (χ2v) is 5.92. The number of hydrogen-bond acceptors (Lipinski definition) is 3. The molecule has 1 aliphatic rings. The Morgan fingerprint density at radius 3 is 2.47 bits per heavy atom. The van der Waals surface area contributed by atoms with Gasteiger partial charge in [0.2, 0.25) is 0 Å². The molecule has 0 amide bonds. The van der Waals surface area contributed by atoms with E-state index in [2.05, 4.69) is 28.9 Å². The molecule has 19 heavy (non-hydrogen) atoms. The number of hydrogen-bond donors (Lipinski definition) is 1. The number of aromatic nitrogens is 1. The highest BCUT2D eigenvalue weighted by Crippen LogP contribution is 2.36. The van der Waals surface area contributed by atoms with Gasteiger partial charge in [0.1, 0.15) is 0 Å². The van der Waals surface area contributed by atoms with E-state index in [1.807, 2.05) is 12.4 Å². The van der Waals surface area contributed by atoms with Gasteiger partial charge >= 0.3 is 0 Å². The molecule has 2 rings (SSSR count). The molecule has 1 aromatic rings. The van der Waals surface area contributed by atoms with Crippen molar-refractivity contribution in [3.05, 3.63) is 30.1 Å². The van der Waals surface area contributed by atoms with Crippen molar-refractivity contribution in [3.8, 4) is 0 Å². The number of rotatable bonds is 6. The van der Waals surface area contributed by atoms with Crippen LogP contribution in [0.2, 0.25) is 0 Å². The van der Waals surface area contributed by atoms with Gasteiger partial charge in [0, 0.05) is 25.5 Å². The molecule has 1 aromatic heterocycles. The third-order valence-electron chi connectivity index (χ3n) is 4.51. The van der Waals surface area contributed by atoms with E-state index in [4.69, 9.17) is 5.73 Å². The Bertz CT molecular complexity index is 358. The maximum absolute atomic E-state index is 6.10. The average Bonchev–Trinajstić information content (AvgIpc) is 2.48. The summed E-state index contributed by atoms with van der Waals surface area (Å²) in [5, 5.41) is 0. The maximum Gasteiger partial charge on any atom is 0.0271 e. The minimum atomic E-state index is 0.362. The van der Waals surface area contributed by atoms with Gasteiger partial charge in [-0.3, -0.25) is 9.88 Å². The molecule has 106 valence electrons. The van der Waals surface area contributed by atoms with E-state index in [0.717, 1.165) is 26.2 Å². The first-order chi connectivity index (χ1) is 9.28. The summed E-state index contributed by atoms with van der Waals surface area (Å²) in [4.78, 5) is 6.62. The molecular weight excluding hydrogens is 234 g/mol. The van der Waals surface area contributed by atoms with E-state index in [1.165, 1.54) is 37.7 Å². The van der Waals surface area contributed by atoms with Crippen LogP contribution in [0.5, 0.6) is 0 Å². The zero-order valence-electron chi connectivity index (χ0n) is 12.1. The fraction of sp³-hybridized carbons (Fsp3) is 0.688. The fourth-order valence-corrected chi connectivity index (χ4v) is 3.23. The first-order valence-corrected chi connectivity index (χ1v) is 7.59. The third-order valence-corrected chi connectivity index (χ3v) is 4.51. The highest BCUT2D eigenvalue weighted by atomic mass is 15.1. The second kappa shape index (κ2) is 7.01. The summed E-state index contributed by atoms with van der Waals surface area (Å²) in [6.07, 6.45) is 10.4. The van der Waals surface area contributed by atoms with E-state index in [1.54, 1.807) is 0 Å². The van der Waals surface area contributed by atoms with E-state index in [0.29, 0.717) is 5.41 Å². The predicted molar refractivity (Wildman–Crippen MR) is 79.8 cm³/mol. The van der Waals surface area contributed by atoms with Gasteiger partial charge in [-0.2, -0.15) is 0 Å². The van der Waals surface area contributed by atoms with Gasteiger partial charge in [0.25, 0.3) is 0 Å². The van der Waals surface area contributed by atoms with Crippen LogP contribution in [0.1, 0.15) is 44.6 Å². The SMILES string of the molecule is CCN(Cc1ccncc1)CC1(CN)CCCCC1. The molecule has 0 aliphatic heterocycles. The molecule has 0 bridgehead atoms. The summed E-state index contributed by atoms with van der Waals surface area (Å²) < 4.78 is 0. The zero-order chi connectivity index (χ0) is 13.6. The molecule has 0 radical (unpaired) electrons. The van der Waals surface area contributed by atoms with E-state index in [-0.39, 0.29) is 0 Å². The van der Waals surface area contributed by atoms with Crippen molar-refractivity contribution in [2.45, 2.75) is 45.6 Å². The third kappa shape index (κ3) is 4.02. The van der Waals surface area contributed by atoms with Crippen LogP contribution in [0.4, 0.5) is 0 Å². The Morgan fingerprint density at radius 1 is 1.21 bits per heavy atom. The maximum atomic E-state index is 6.10. The Morgan fingerprint density at radius 2 is 1.89 bits per heavy atom. The average molecular weight is 261 g/mol. The lowest BCUT2D eigenvalue weighted by Gasteiger charge is -2.40. The summed E-state index contributed by atoms with van der Waals surface area (Å²) in [6, 6.07) is 4.22. The van der Waals surface area contributed by atoms with Crippen molar-refractivity contribution < 1.29 is 0 Å².